The number of hydrogen-bond donors (Lipinski definition) is 2. The van der Waals surface area contributed by atoms with Gasteiger partial charge in [0.1, 0.15) is 5.82 Å². The van der Waals surface area contributed by atoms with Crippen molar-refractivity contribution in [2.45, 2.75) is 25.7 Å². The normalized spacial score (nSPS) is 13.2. The van der Waals surface area contributed by atoms with Gasteiger partial charge in [0.25, 0.3) is 0 Å². The number of rotatable bonds is 4. The third kappa shape index (κ3) is 2.44. The van der Waals surface area contributed by atoms with E-state index in [2.05, 4.69) is 38.9 Å². The average molecular weight is 282 g/mol. The Kier molecular flexibility index (Phi) is 3.61. The summed E-state index contributed by atoms with van der Waals surface area (Å²) in [6.07, 6.45) is 2.12. The van der Waals surface area contributed by atoms with Gasteiger partial charge < -0.3 is 10.7 Å². The van der Waals surface area contributed by atoms with Crippen LogP contribution in [0.5, 0.6) is 0 Å². The van der Waals surface area contributed by atoms with Crippen molar-refractivity contribution in [1.29, 1.82) is 0 Å². The van der Waals surface area contributed by atoms with Gasteiger partial charge in [0.2, 0.25) is 0 Å². The fraction of sp³-hybridized carbons (Fsp3) is 0.417. The lowest BCUT2D eigenvalue weighted by Gasteiger charge is -2.06. The van der Waals surface area contributed by atoms with Crippen LogP contribution >= 0.6 is 15.9 Å². The molecule has 0 fully saturated rings. The van der Waals surface area contributed by atoms with E-state index in [0.717, 1.165) is 40.7 Å². The van der Waals surface area contributed by atoms with Gasteiger partial charge in [-0.25, -0.2) is 4.98 Å². The Hall–Kier alpha value is -0.870. The maximum absolute atomic E-state index is 5.51. The summed E-state index contributed by atoms with van der Waals surface area (Å²) in [4.78, 5) is 7.95. The van der Waals surface area contributed by atoms with Crippen LogP contribution in [0, 0.1) is 0 Å². The van der Waals surface area contributed by atoms with Gasteiger partial charge in [-0.3, -0.25) is 0 Å². The zero-order valence-corrected chi connectivity index (χ0v) is 10.9. The van der Waals surface area contributed by atoms with Gasteiger partial charge in [0, 0.05) is 10.4 Å². The van der Waals surface area contributed by atoms with E-state index in [4.69, 9.17) is 5.73 Å². The Labute approximate surface area is 104 Å². The van der Waals surface area contributed by atoms with Crippen molar-refractivity contribution in [1.82, 2.24) is 9.97 Å². The number of nitrogens with zero attached hydrogens (tertiary/aromatic N) is 1. The van der Waals surface area contributed by atoms with E-state index in [-0.39, 0.29) is 0 Å². The Balaban J connectivity index is 2.25. The highest BCUT2D eigenvalue weighted by atomic mass is 79.9. The number of halogens is 1. The van der Waals surface area contributed by atoms with Crippen molar-refractivity contribution >= 4 is 27.0 Å². The first-order valence-electron chi connectivity index (χ1n) is 5.56. The number of aromatic nitrogens is 2. The molecular formula is C12H16BrN3. The van der Waals surface area contributed by atoms with Crippen LogP contribution in [-0.4, -0.2) is 16.5 Å². The minimum atomic E-state index is 0.440. The molecule has 1 unspecified atom stereocenters. The number of aromatic amines is 1. The average Bonchev–Trinajstić information content (AvgIpc) is 2.68. The van der Waals surface area contributed by atoms with Crippen LogP contribution in [0.3, 0.4) is 0 Å². The lowest BCUT2D eigenvalue weighted by molar-refractivity contribution is 0.616. The van der Waals surface area contributed by atoms with Crippen LogP contribution in [-0.2, 0) is 0 Å². The lowest BCUT2D eigenvalue weighted by Crippen LogP contribution is -2.02. The molecule has 0 spiro atoms. The molecule has 3 nitrogen and oxygen atoms in total. The molecule has 0 aliphatic carbocycles. The predicted molar refractivity (Wildman–Crippen MR) is 70.5 cm³/mol. The largest absolute Gasteiger partial charge is 0.342 e. The van der Waals surface area contributed by atoms with Crippen LogP contribution < -0.4 is 5.73 Å². The topological polar surface area (TPSA) is 54.7 Å². The second-order valence-corrected chi connectivity index (χ2v) is 5.03. The first-order valence-corrected chi connectivity index (χ1v) is 6.35. The summed E-state index contributed by atoms with van der Waals surface area (Å²) in [5.74, 6) is 1.50. The monoisotopic (exact) mass is 281 g/mol. The highest BCUT2D eigenvalue weighted by molar-refractivity contribution is 9.10. The summed E-state index contributed by atoms with van der Waals surface area (Å²) >= 11 is 3.46. The van der Waals surface area contributed by atoms with Crippen molar-refractivity contribution in [3.63, 3.8) is 0 Å². The third-order valence-corrected chi connectivity index (χ3v) is 3.26. The number of imidazole rings is 1. The third-order valence-electron chi connectivity index (χ3n) is 2.77. The van der Waals surface area contributed by atoms with Gasteiger partial charge in [-0.1, -0.05) is 22.9 Å². The number of nitrogens with one attached hydrogen (secondary N) is 1. The first kappa shape index (κ1) is 11.6. The summed E-state index contributed by atoms with van der Waals surface area (Å²) in [7, 11) is 0. The van der Waals surface area contributed by atoms with E-state index in [1.165, 1.54) is 0 Å². The van der Waals surface area contributed by atoms with E-state index in [1.807, 2.05) is 12.1 Å². The van der Waals surface area contributed by atoms with Gasteiger partial charge in [-0.2, -0.15) is 0 Å². The van der Waals surface area contributed by atoms with Crippen LogP contribution in [0.15, 0.2) is 22.7 Å². The van der Waals surface area contributed by atoms with Crippen LogP contribution in [0.1, 0.15) is 31.5 Å². The first-order chi connectivity index (χ1) is 7.70. The van der Waals surface area contributed by atoms with Crippen molar-refractivity contribution in [3.8, 4) is 0 Å². The molecule has 2 rings (SSSR count). The molecule has 1 aromatic carbocycles. The molecule has 16 heavy (non-hydrogen) atoms. The highest BCUT2D eigenvalue weighted by Gasteiger charge is 2.10. The van der Waals surface area contributed by atoms with Crippen LogP contribution in [0.25, 0.3) is 11.0 Å². The summed E-state index contributed by atoms with van der Waals surface area (Å²) in [6, 6.07) is 6.09. The standard InChI is InChI=1S/C12H16BrN3/c1-8(3-2-6-14)12-15-10-5-4-9(13)7-11(10)16-12/h4-5,7-8H,2-3,6,14H2,1H3,(H,15,16). The second-order valence-electron chi connectivity index (χ2n) is 4.12. The molecule has 0 bridgehead atoms. The number of benzene rings is 1. The number of hydrogen-bond acceptors (Lipinski definition) is 2. The fourth-order valence-corrected chi connectivity index (χ4v) is 2.16. The smallest absolute Gasteiger partial charge is 0.110 e. The van der Waals surface area contributed by atoms with Crippen molar-refractivity contribution < 1.29 is 0 Å². The van der Waals surface area contributed by atoms with Crippen LogP contribution in [0.2, 0.25) is 0 Å². The molecule has 0 saturated heterocycles. The molecule has 1 aromatic heterocycles. The molecule has 0 radical (unpaired) electrons. The minimum absolute atomic E-state index is 0.440. The second kappa shape index (κ2) is 4.97. The molecule has 0 aliphatic heterocycles. The molecule has 4 heteroatoms. The predicted octanol–water partition coefficient (Wildman–Crippen LogP) is 3.17. The molecule has 0 aliphatic rings. The van der Waals surface area contributed by atoms with Crippen LogP contribution in [0.4, 0.5) is 0 Å². The molecule has 86 valence electrons. The van der Waals surface area contributed by atoms with Crippen molar-refractivity contribution in [2.24, 2.45) is 5.73 Å². The number of fused-ring (bicyclic) bond motifs is 1. The maximum Gasteiger partial charge on any atom is 0.110 e. The molecule has 2 aromatic rings. The van der Waals surface area contributed by atoms with E-state index < -0.39 is 0 Å². The Morgan fingerprint density at radius 1 is 1.50 bits per heavy atom. The summed E-state index contributed by atoms with van der Waals surface area (Å²) < 4.78 is 1.07. The van der Waals surface area contributed by atoms with E-state index in [9.17, 15) is 0 Å². The molecule has 1 atom stereocenters. The lowest BCUT2D eigenvalue weighted by atomic mass is 10.1. The quantitative estimate of drug-likeness (QED) is 0.905. The summed E-state index contributed by atoms with van der Waals surface area (Å²) in [5, 5.41) is 0. The Morgan fingerprint density at radius 3 is 3.06 bits per heavy atom. The molecule has 0 saturated carbocycles. The zero-order valence-electron chi connectivity index (χ0n) is 9.33. The van der Waals surface area contributed by atoms with Crippen molar-refractivity contribution in [2.75, 3.05) is 6.54 Å². The zero-order chi connectivity index (χ0) is 11.5. The Bertz CT molecular complexity index is 478. The highest BCUT2D eigenvalue weighted by Crippen LogP contribution is 2.23. The van der Waals surface area contributed by atoms with Crippen molar-refractivity contribution in [3.05, 3.63) is 28.5 Å². The SMILES string of the molecule is CC(CCCN)c1nc2ccc(Br)cc2[nH]1. The van der Waals surface area contributed by atoms with E-state index >= 15 is 0 Å². The van der Waals surface area contributed by atoms with Gasteiger partial charge in [0.05, 0.1) is 11.0 Å². The van der Waals surface area contributed by atoms with E-state index in [0.29, 0.717) is 5.92 Å². The van der Waals surface area contributed by atoms with Gasteiger partial charge in [-0.15, -0.1) is 0 Å². The summed E-state index contributed by atoms with van der Waals surface area (Å²) in [5.41, 5.74) is 7.63. The maximum atomic E-state index is 5.51. The fourth-order valence-electron chi connectivity index (χ4n) is 1.80. The van der Waals surface area contributed by atoms with E-state index in [1.54, 1.807) is 0 Å². The molecule has 3 N–H and O–H groups in total. The molecular weight excluding hydrogens is 266 g/mol. The number of H-pyrrole nitrogens is 1. The summed E-state index contributed by atoms with van der Waals surface area (Å²) in [6.45, 7) is 2.93. The van der Waals surface area contributed by atoms with Gasteiger partial charge in [-0.05, 0) is 37.6 Å². The number of nitrogens with two attached hydrogens (primary N) is 1. The minimum Gasteiger partial charge on any atom is -0.342 e. The Morgan fingerprint density at radius 2 is 2.31 bits per heavy atom. The molecule has 1 heterocycles. The van der Waals surface area contributed by atoms with Gasteiger partial charge >= 0.3 is 0 Å². The van der Waals surface area contributed by atoms with Gasteiger partial charge in [0.15, 0.2) is 0 Å². The molecule has 0 amide bonds.